The van der Waals surface area contributed by atoms with Gasteiger partial charge in [0.2, 0.25) is 0 Å². The van der Waals surface area contributed by atoms with Crippen molar-refractivity contribution >= 4 is 15.8 Å². The topological polar surface area (TPSA) is 70.6 Å². The van der Waals surface area contributed by atoms with Crippen molar-refractivity contribution in [2.75, 3.05) is 25.4 Å². The van der Waals surface area contributed by atoms with Crippen LogP contribution in [-0.4, -0.2) is 39.8 Å². The van der Waals surface area contributed by atoms with Crippen LogP contribution in [-0.2, 0) is 9.84 Å². The molecule has 2 N–H and O–H groups in total. The maximum Gasteiger partial charge on any atom is 0.191 e. The molecular formula is C17H29N3O2S. The van der Waals surface area contributed by atoms with Gasteiger partial charge in [0.05, 0.1) is 10.6 Å². The summed E-state index contributed by atoms with van der Waals surface area (Å²) in [4.78, 5) is 4.82. The Morgan fingerprint density at radius 2 is 1.78 bits per heavy atom. The first-order valence-corrected chi connectivity index (χ1v) is 10.1. The lowest BCUT2D eigenvalue weighted by atomic mass is 10.2. The minimum Gasteiger partial charge on any atom is -0.357 e. The molecule has 0 atom stereocenters. The van der Waals surface area contributed by atoms with Gasteiger partial charge in [-0.3, -0.25) is 4.99 Å². The van der Waals surface area contributed by atoms with Crippen LogP contribution in [0.5, 0.6) is 0 Å². The second-order valence-electron chi connectivity index (χ2n) is 5.38. The van der Waals surface area contributed by atoms with Crippen molar-refractivity contribution in [3.05, 3.63) is 30.3 Å². The Morgan fingerprint density at radius 1 is 1.04 bits per heavy atom. The zero-order valence-corrected chi connectivity index (χ0v) is 15.0. The van der Waals surface area contributed by atoms with E-state index in [1.54, 1.807) is 24.3 Å². The lowest BCUT2D eigenvalue weighted by Gasteiger charge is -2.11. The quantitative estimate of drug-likeness (QED) is 0.390. The standard InChI is InChI=1S/C17H29N3O2S/c1-3-5-9-13-19-17(18-4-2)20-14-10-15-23(21,22)16-11-7-6-8-12-16/h6-8,11-12H,3-5,9-10,13-15H2,1-2H3,(H2,18,19,20). The van der Waals surface area contributed by atoms with Gasteiger partial charge in [0.1, 0.15) is 0 Å². The van der Waals surface area contributed by atoms with Gasteiger partial charge in [0.15, 0.2) is 15.8 Å². The molecule has 0 aliphatic carbocycles. The molecule has 0 saturated heterocycles. The largest absolute Gasteiger partial charge is 0.357 e. The summed E-state index contributed by atoms with van der Waals surface area (Å²) < 4.78 is 24.3. The van der Waals surface area contributed by atoms with E-state index < -0.39 is 9.84 Å². The van der Waals surface area contributed by atoms with Crippen LogP contribution in [0, 0.1) is 0 Å². The lowest BCUT2D eigenvalue weighted by Crippen LogP contribution is -2.37. The van der Waals surface area contributed by atoms with Crippen LogP contribution < -0.4 is 10.6 Å². The summed E-state index contributed by atoms with van der Waals surface area (Å²) in [6, 6.07) is 8.58. The highest BCUT2D eigenvalue weighted by atomic mass is 32.2. The number of guanidine groups is 1. The minimum atomic E-state index is -3.20. The van der Waals surface area contributed by atoms with Crippen molar-refractivity contribution in [1.82, 2.24) is 10.6 Å². The highest BCUT2D eigenvalue weighted by Crippen LogP contribution is 2.10. The molecule has 0 heterocycles. The Labute approximate surface area is 140 Å². The number of hydrogen-bond acceptors (Lipinski definition) is 3. The van der Waals surface area contributed by atoms with Crippen molar-refractivity contribution in [1.29, 1.82) is 0 Å². The molecule has 23 heavy (non-hydrogen) atoms. The molecule has 130 valence electrons. The minimum absolute atomic E-state index is 0.121. The number of nitrogens with one attached hydrogen (secondary N) is 2. The fourth-order valence-corrected chi connectivity index (χ4v) is 3.43. The number of aliphatic imine (C=N–C) groups is 1. The third-order valence-electron chi connectivity index (χ3n) is 3.36. The first-order valence-electron chi connectivity index (χ1n) is 8.40. The van der Waals surface area contributed by atoms with Crippen molar-refractivity contribution in [2.24, 2.45) is 4.99 Å². The van der Waals surface area contributed by atoms with Crippen LogP contribution >= 0.6 is 0 Å². The third kappa shape index (κ3) is 8.02. The molecule has 0 aliphatic heterocycles. The number of sulfone groups is 1. The summed E-state index contributed by atoms with van der Waals surface area (Å²) in [5.41, 5.74) is 0. The summed E-state index contributed by atoms with van der Waals surface area (Å²) in [6.07, 6.45) is 4.01. The van der Waals surface area contributed by atoms with E-state index in [0.717, 1.165) is 25.5 Å². The van der Waals surface area contributed by atoms with Gasteiger partial charge < -0.3 is 10.6 Å². The van der Waals surface area contributed by atoms with E-state index >= 15 is 0 Å². The van der Waals surface area contributed by atoms with Gasteiger partial charge in [-0.15, -0.1) is 0 Å². The first-order chi connectivity index (χ1) is 11.1. The molecule has 5 nitrogen and oxygen atoms in total. The monoisotopic (exact) mass is 339 g/mol. The van der Waals surface area contributed by atoms with E-state index in [-0.39, 0.29) is 5.75 Å². The highest BCUT2D eigenvalue weighted by Gasteiger charge is 2.12. The number of nitrogens with zero attached hydrogens (tertiary/aromatic N) is 1. The second kappa shape index (κ2) is 11.0. The summed E-state index contributed by atoms with van der Waals surface area (Å²) in [5, 5.41) is 6.45. The van der Waals surface area contributed by atoms with Gasteiger partial charge in [-0.05, 0) is 31.9 Å². The van der Waals surface area contributed by atoms with E-state index in [4.69, 9.17) is 0 Å². The highest BCUT2D eigenvalue weighted by molar-refractivity contribution is 7.91. The van der Waals surface area contributed by atoms with Crippen LogP contribution in [0.2, 0.25) is 0 Å². The van der Waals surface area contributed by atoms with E-state index in [0.29, 0.717) is 17.9 Å². The van der Waals surface area contributed by atoms with Crippen LogP contribution in [0.3, 0.4) is 0 Å². The molecule has 0 aliphatic rings. The second-order valence-corrected chi connectivity index (χ2v) is 7.49. The molecule has 1 aromatic carbocycles. The number of benzene rings is 1. The fraction of sp³-hybridized carbons (Fsp3) is 0.588. The molecule has 1 aromatic rings. The van der Waals surface area contributed by atoms with Crippen molar-refractivity contribution in [3.8, 4) is 0 Å². The average molecular weight is 340 g/mol. The Morgan fingerprint density at radius 3 is 2.43 bits per heavy atom. The van der Waals surface area contributed by atoms with Crippen molar-refractivity contribution in [3.63, 3.8) is 0 Å². The summed E-state index contributed by atoms with van der Waals surface area (Å²) in [6.45, 7) is 6.37. The zero-order valence-electron chi connectivity index (χ0n) is 14.2. The number of unbranched alkanes of at least 4 members (excludes halogenated alkanes) is 2. The molecule has 0 amide bonds. The predicted molar refractivity (Wildman–Crippen MR) is 96.6 cm³/mol. The Kier molecular flexibility index (Phi) is 9.36. The van der Waals surface area contributed by atoms with E-state index in [9.17, 15) is 8.42 Å². The summed E-state index contributed by atoms with van der Waals surface area (Å²) >= 11 is 0. The molecule has 1 rings (SSSR count). The van der Waals surface area contributed by atoms with Crippen LogP contribution in [0.15, 0.2) is 40.2 Å². The maximum absolute atomic E-state index is 12.2. The molecule has 0 aromatic heterocycles. The molecule has 0 fully saturated rings. The number of rotatable bonds is 10. The lowest BCUT2D eigenvalue weighted by molar-refractivity contribution is 0.593. The first kappa shape index (κ1) is 19.5. The Hall–Kier alpha value is -1.56. The SMILES string of the molecule is CCCCCNC(=NCCCS(=O)(=O)c1ccccc1)NCC. The predicted octanol–water partition coefficient (Wildman–Crippen LogP) is 2.60. The van der Waals surface area contributed by atoms with Crippen LogP contribution in [0.25, 0.3) is 0 Å². The summed E-state index contributed by atoms with van der Waals surface area (Å²) in [7, 11) is -3.20. The molecule has 0 spiro atoms. The number of hydrogen-bond donors (Lipinski definition) is 2. The smallest absolute Gasteiger partial charge is 0.191 e. The van der Waals surface area contributed by atoms with Gasteiger partial charge in [-0.2, -0.15) is 0 Å². The van der Waals surface area contributed by atoms with Gasteiger partial charge in [-0.25, -0.2) is 8.42 Å². The van der Waals surface area contributed by atoms with Gasteiger partial charge in [0.25, 0.3) is 0 Å². The molecular weight excluding hydrogens is 310 g/mol. The van der Waals surface area contributed by atoms with Gasteiger partial charge in [-0.1, -0.05) is 38.0 Å². The Balaban J connectivity index is 2.42. The molecule has 0 saturated carbocycles. The third-order valence-corrected chi connectivity index (χ3v) is 5.18. The van der Waals surface area contributed by atoms with E-state index in [1.165, 1.54) is 12.8 Å². The molecule has 0 unspecified atom stereocenters. The maximum atomic E-state index is 12.2. The van der Waals surface area contributed by atoms with E-state index in [2.05, 4.69) is 22.5 Å². The molecule has 0 bridgehead atoms. The average Bonchev–Trinajstić information content (AvgIpc) is 2.56. The van der Waals surface area contributed by atoms with Crippen LogP contribution in [0.4, 0.5) is 0 Å². The summed E-state index contributed by atoms with van der Waals surface area (Å²) in [5.74, 6) is 0.885. The Bertz CT molecular complexity index is 556. The van der Waals surface area contributed by atoms with Gasteiger partial charge >= 0.3 is 0 Å². The molecule has 6 heteroatoms. The van der Waals surface area contributed by atoms with E-state index in [1.807, 2.05) is 13.0 Å². The van der Waals surface area contributed by atoms with Crippen molar-refractivity contribution in [2.45, 2.75) is 44.4 Å². The zero-order chi connectivity index (χ0) is 17.0. The van der Waals surface area contributed by atoms with Crippen molar-refractivity contribution < 1.29 is 8.42 Å². The van der Waals surface area contributed by atoms with Crippen LogP contribution in [0.1, 0.15) is 39.5 Å². The normalized spacial score (nSPS) is 12.2. The van der Waals surface area contributed by atoms with Gasteiger partial charge in [0, 0.05) is 19.6 Å². The fourth-order valence-electron chi connectivity index (χ4n) is 2.11. The molecule has 0 radical (unpaired) electrons.